The minimum Gasteiger partial charge on any atom is -0.294 e. The largest absolute Gasteiger partial charge is 0.294 e. The maximum atomic E-state index is 13.6. The molecule has 25 heavy (non-hydrogen) atoms. The second-order valence-corrected chi connectivity index (χ2v) is 9.44. The van der Waals surface area contributed by atoms with E-state index in [9.17, 15) is 4.79 Å². The fraction of sp³-hybridized carbons (Fsp3) is 0.348. The summed E-state index contributed by atoms with van der Waals surface area (Å²) >= 11 is 1.82. The third-order valence-electron chi connectivity index (χ3n) is 7.12. The molecule has 0 aromatic heterocycles. The lowest BCUT2D eigenvalue weighted by molar-refractivity contribution is -0.125. The highest BCUT2D eigenvalue weighted by Gasteiger charge is 2.64. The van der Waals surface area contributed by atoms with Crippen LogP contribution in [0.4, 0.5) is 0 Å². The highest BCUT2D eigenvalue weighted by atomic mass is 32.2. The van der Waals surface area contributed by atoms with E-state index < -0.39 is 0 Å². The molecule has 126 valence electrons. The molecule has 2 heteroatoms. The third kappa shape index (κ3) is 1.79. The van der Waals surface area contributed by atoms with Crippen molar-refractivity contribution in [3.05, 3.63) is 65.2 Å². The molecule has 2 saturated carbocycles. The number of fused-ring (bicyclic) bond motifs is 4. The molecular weight excluding hydrogens is 324 g/mol. The molecule has 0 N–H and O–H groups in total. The van der Waals surface area contributed by atoms with Gasteiger partial charge in [-0.15, -0.1) is 0 Å². The quantitative estimate of drug-likeness (QED) is 0.466. The van der Waals surface area contributed by atoms with Gasteiger partial charge >= 0.3 is 0 Å². The minimum atomic E-state index is -0.214. The van der Waals surface area contributed by atoms with E-state index in [4.69, 9.17) is 0 Å². The number of hydrogen-bond acceptors (Lipinski definition) is 2. The van der Waals surface area contributed by atoms with Crippen molar-refractivity contribution in [2.45, 2.75) is 43.4 Å². The van der Waals surface area contributed by atoms with E-state index in [1.807, 2.05) is 11.8 Å². The van der Waals surface area contributed by atoms with Gasteiger partial charge in [0.1, 0.15) is 0 Å². The van der Waals surface area contributed by atoms with E-state index in [0.29, 0.717) is 11.7 Å². The number of benzene rings is 2. The predicted molar refractivity (Wildman–Crippen MR) is 103 cm³/mol. The highest BCUT2D eigenvalue weighted by molar-refractivity contribution is 7.99. The Kier molecular flexibility index (Phi) is 3.02. The highest BCUT2D eigenvalue weighted by Crippen LogP contribution is 2.67. The van der Waals surface area contributed by atoms with Crippen LogP contribution in [0.1, 0.15) is 44.7 Å². The Bertz CT molecular complexity index is 905. The van der Waals surface area contributed by atoms with Gasteiger partial charge in [-0.3, -0.25) is 4.79 Å². The number of rotatable bonds is 0. The zero-order valence-electron chi connectivity index (χ0n) is 14.9. The number of Topliss-reactive ketones (excluding diaryl/α,β-unsaturated/α-hetero) is 1. The molecule has 2 aromatic carbocycles. The van der Waals surface area contributed by atoms with E-state index in [1.165, 1.54) is 26.5 Å². The molecule has 1 aliphatic heterocycles. The van der Waals surface area contributed by atoms with Crippen LogP contribution in [-0.4, -0.2) is 5.78 Å². The Morgan fingerprint density at radius 2 is 1.48 bits per heavy atom. The van der Waals surface area contributed by atoms with Crippen molar-refractivity contribution >= 4 is 23.1 Å². The molecule has 2 aromatic rings. The number of hydrogen-bond donors (Lipinski definition) is 0. The number of carbonyl (C=O) groups is 1. The van der Waals surface area contributed by atoms with Crippen molar-refractivity contribution in [1.82, 2.24) is 0 Å². The van der Waals surface area contributed by atoms with Crippen molar-refractivity contribution in [3.8, 4) is 0 Å². The van der Waals surface area contributed by atoms with Gasteiger partial charge in [0.05, 0.1) is 0 Å². The van der Waals surface area contributed by atoms with Gasteiger partial charge in [0.15, 0.2) is 5.78 Å². The summed E-state index contributed by atoms with van der Waals surface area (Å²) in [5.74, 6) is 0.754. The predicted octanol–water partition coefficient (Wildman–Crippen LogP) is 5.98. The maximum Gasteiger partial charge on any atom is 0.166 e. The Morgan fingerprint density at radius 1 is 0.920 bits per heavy atom. The SMILES string of the molecule is CC1(C)[C@@H]2CC[C@@]1(C)C(=O)C2=C1c2ccccc2Sc2ccccc21. The zero-order chi connectivity index (χ0) is 17.4. The van der Waals surface area contributed by atoms with Gasteiger partial charge in [-0.25, -0.2) is 0 Å². The molecular formula is C23H22OS. The van der Waals surface area contributed by atoms with Crippen LogP contribution in [0.5, 0.6) is 0 Å². The zero-order valence-corrected chi connectivity index (χ0v) is 15.7. The molecule has 2 atom stereocenters. The van der Waals surface area contributed by atoms with E-state index in [2.05, 4.69) is 69.3 Å². The molecule has 1 heterocycles. The van der Waals surface area contributed by atoms with Crippen LogP contribution in [0.2, 0.25) is 0 Å². The fourth-order valence-electron chi connectivity index (χ4n) is 5.23. The topological polar surface area (TPSA) is 17.1 Å². The molecule has 3 aliphatic rings. The van der Waals surface area contributed by atoms with Gasteiger partial charge in [0, 0.05) is 20.8 Å². The van der Waals surface area contributed by atoms with Crippen LogP contribution in [0.15, 0.2) is 63.9 Å². The summed E-state index contributed by atoms with van der Waals surface area (Å²) < 4.78 is 0. The van der Waals surface area contributed by atoms with Crippen molar-refractivity contribution < 1.29 is 4.79 Å². The monoisotopic (exact) mass is 346 g/mol. The lowest BCUT2D eigenvalue weighted by Gasteiger charge is -2.31. The molecule has 5 rings (SSSR count). The fourth-order valence-corrected chi connectivity index (χ4v) is 6.32. The van der Waals surface area contributed by atoms with E-state index in [0.717, 1.165) is 18.4 Å². The first-order valence-electron chi connectivity index (χ1n) is 9.11. The van der Waals surface area contributed by atoms with Gasteiger partial charge in [0.25, 0.3) is 0 Å². The second-order valence-electron chi connectivity index (χ2n) is 8.36. The Balaban J connectivity index is 1.87. The molecule has 0 amide bonds. The Hall–Kier alpha value is -1.80. The summed E-state index contributed by atoms with van der Waals surface area (Å²) in [5.41, 5.74) is 4.61. The van der Waals surface area contributed by atoms with Crippen molar-refractivity contribution in [1.29, 1.82) is 0 Å². The van der Waals surface area contributed by atoms with Crippen molar-refractivity contribution in [2.75, 3.05) is 0 Å². The first-order chi connectivity index (χ1) is 11.9. The summed E-state index contributed by atoms with van der Waals surface area (Å²) in [6, 6.07) is 17.1. The first kappa shape index (κ1) is 15.5. The third-order valence-corrected chi connectivity index (χ3v) is 8.27. The van der Waals surface area contributed by atoms with Gasteiger partial charge in [0.2, 0.25) is 0 Å². The lowest BCUT2D eigenvalue weighted by atomic mass is 9.70. The van der Waals surface area contributed by atoms with E-state index in [1.54, 1.807) is 0 Å². The van der Waals surface area contributed by atoms with E-state index in [-0.39, 0.29) is 10.8 Å². The molecule has 0 saturated heterocycles. The summed E-state index contributed by atoms with van der Waals surface area (Å²) in [6.45, 7) is 6.79. The smallest absolute Gasteiger partial charge is 0.166 e. The summed E-state index contributed by atoms with van der Waals surface area (Å²) in [4.78, 5) is 16.1. The molecule has 2 fully saturated rings. The summed E-state index contributed by atoms with van der Waals surface area (Å²) in [7, 11) is 0. The number of ketones is 1. The van der Waals surface area contributed by atoms with Gasteiger partial charge in [-0.2, -0.15) is 0 Å². The number of carbonyl (C=O) groups excluding carboxylic acids is 1. The lowest BCUT2D eigenvalue weighted by Crippen LogP contribution is -2.32. The molecule has 0 radical (unpaired) electrons. The van der Waals surface area contributed by atoms with Crippen LogP contribution in [0.3, 0.4) is 0 Å². The molecule has 1 nitrogen and oxygen atoms in total. The van der Waals surface area contributed by atoms with Crippen LogP contribution in [0.25, 0.3) is 5.57 Å². The van der Waals surface area contributed by atoms with Gasteiger partial charge in [-0.1, -0.05) is 68.9 Å². The first-order valence-corrected chi connectivity index (χ1v) is 9.92. The average Bonchev–Trinajstić information content (AvgIpc) is 2.92. The molecule has 2 aliphatic carbocycles. The molecule has 0 unspecified atom stereocenters. The average molecular weight is 346 g/mol. The van der Waals surface area contributed by atoms with Crippen molar-refractivity contribution in [3.63, 3.8) is 0 Å². The molecule has 0 spiro atoms. The van der Waals surface area contributed by atoms with Crippen LogP contribution >= 0.6 is 11.8 Å². The Morgan fingerprint density at radius 3 is 2.00 bits per heavy atom. The summed E-state index contributed by atoms with van der Waals surface area (Å²) in [6.07, 6.45) is 2.16. The van der Waals surface area contributed by atoms with Crippen molar-refractivity contribution in [2.24, 2.45) is 16.7 Å². The Labute approximate surface area is 153 Å². The normalized spacial score (nSPS) is 28.9. The van der Waals surface area contributed by atoms with Gasteiger partial charge < -0.3 is 0 Å². The maximum absolute atomic E-state index is 13.6. The van der Waals surface area contributed by atoms with Gasteiger partial charge in [-0.05, 0) is 53.0 Å². The standard InChI is InChI=1S/C23H22OS/c1-22(2)16-12-13-23(22,3)21(24)20(16)19-14-8-4-6-10-17(14)25-18-11-7-5-9-15(18)19/h4-11,16H,12-13H2,1-3H3/t16-,23+/m1/s1. The summed E-state index contributed by atoms with van der Waals surface area (Å²) in [5, 5.41) is 0. The second kappa shape index (κ2) is 4.88. The van der Waals surface area contributed by atoms with Crippen LogP contribution in [0, 0.1) is 16.7 Å². The van der Waals surface area contributed by atoms with Crippen LogP contribution in [-0.2, 0) is 4.79 Å². The minimum absolute atomic E-state index is 0.0426. The van der Waals surface area contributed by atoms with E-state index >= 15 is 0 Å². The molecule has 2 bridgehead atoms. The van der Waals surface area contributed by atoms with Crippen LogP contribution < -0.4 is 0 Å². The number of allylic oxidation sites excluding steroid dienone is 1.